The van der Waals surface area contributed by atoms with Gasteiger partial charge in [-0.15, -0.1) is 0 Å². The van der Waals surface area contributed by atoms with Crippen molar-refractivity contribution in [2.24, 2.45) is 0 Å². The Morgan fingerprint density at radius 1 is 0.429 bits per heavy atom. The van der Waals surface area contributed by atoms with Gasteiger partial charge < -0.3 is 12.3 Å². The quantitative estimate of drug-likeness (QED) is 0.598. The molecule has 0 aliphatic heterocycles. The molecular weight excluding hydrogens is 184 g/mol. The minimum absolute atomic E-state index is 0. The molecule has 0 radical (unpaired) electrons. The van der Waals surface area contributed by atoms with Crippen molar-refractivity contribution in [2.75, 3.05) is 0 Å². The zero-order valence-corrected chi connectivity index (χ0v) is 3.20. The van der Waals surface area contributed by atoms with Crippen LogP contribution < -0.4 is 12.3 Å². The molecule has 0 aliphatic rings. The predicted molar refractivity (Wildman–Crippen MR) is 37.0 cm³/mol. The zero-order chi connectivity index (χ0) is 0. The number of rotatable bonds is 0. The van der Waals surface area contributed by atoms with Gasteiger partial charge in [0.1, 0.15) is 0 Å². The Morgan fingerprint density at radius 3 is 0.429 bits per heavy atom. The molecule has 0 rings (SSSR count). The van der Waals surface area contributed by atoms with E-state index in [1.807, 2.05) is 0 Å². The molecule has 0 aromatic heterocycles. The van der Waals surface area contributed by atoms with Gasteiger partial charge in [0.15, 0.2) is 0 Å². The van der Waals surface area contributed by atoms with Crippen molar-refractivity contribution in [1.82, 2.24) is 12.3 Å². The summed E-state index contributed by atoms with van der Waals surface area (Å²) in [6.45, 7) is 0. The fourth-order valence-electron chi connectivity index (χ4n) is 0. The minimum Gasteiger partial charge on any atom is -0.344 e. The first-order valence-electron chi connectivity index (χ1n) is 0. The number of hydrogen-bond acceptors (Lipinski definition) is 2. The molecule has 0 spiro atoms. The first-order chi connectivity index (χ1) is 0. The molecule has 6 N–H and O–H groups in total. The predicted octanol–water partition coefficient (Wildman–Crippen LogP) is 2.87. The zero-order valence-electron chi connectivity index (χ0n) is 1.72. The van der Waals surface area contributed by atoms with Crippen LogP contribution in [0.5, 0.6) is 0 Å². The van der Waals surface area contributed by atoms with Gasteiger partial charge in [-0.05, 0) is 0 Å². The van der Waals surface area contributed by atoms with Gasteiger partial charge in [-0.2, -0.15) is 0 Å². The van der Waals surface area contributed by atoms with E-state index in [0.29, 0.717) is 0 Å². The second-order valence-electron chi connectivity index (χ2n) is 0. The molecule has 0 saturated carbocycles. The third-order valence-corrected chi connectivity index (χ3v) is 0. The van der Waals surface area contributed by atoms with Crippen LogP contribution in [0.1, 0.15) is 29.7 Å². The van der Waals surface area contributed by atoms with Crippen LogP contribution >= 0.6 is 0 Å². The molecule has 0 bridgehead atoms. The van der Waals surface area contributed by atoms with Gasteiger partial charge in [0.2, 0.25) is 0 Å². The monoisotopic (exact) mass is 205 g/mol. The van der Waals surface area contributed by atoms with E-state index in [9.17, 15) is 0 Å². The molecule has 58 valence electrons. The maximum atomic E-state index is 0. The van der Waals surface area contributed by atoms with E-state index in [-0.39, 0.29) is 64.4 Å². The van der Waals surface area contributed by atoms with Crippen molar-refractivity contribution in [2.45, 2.75) is 29.7 Å². The van der Waals surface area contributed by atoms with E-state index in [2.05, 4.69) is 0 Å². The average molecular weight is 206 g/mol. The van der Waals surface area contributed by atoms with Crippen molar-refractivity contribution in [3.8, 4) is 0 Å². The van der Waals surface area contributed by atoms with Crippen LogP contribution in [0.25, 0.3) is 0 Å². The second kappa shape index (κ2) is 489. The van der Waals surface area contributed by atoms with Gasteiger partial charge in [0, 0.05) is 0 Å². The van der Waals surface area contributed by atoms with Crippen LogP contribution in [0, 0.1) is 0 Å². The molecule has 0 aromatic carbocycles. The van der Waals surface area contributed by atoms with Crippen LogP contribution in [0.2, 0.25) is 0 Å². The van der Waals surface area contributed by atoms with Crippen LogP contribution in [0.3, 0.4) is 0 Å². The van der Waals surface area contributed by atoms with Gasteiger partial charge >= 0.3 is 22.4 Å². The molecule has 0 aliphatic carbocycles. The maximum Gasteiger partial charge on any atom is 1.00 e. The molecule has 0 aromatic rings. The molecule has 3 heteroatoms. The Balaban J connectivity index is 0. The summed E-state index contributed by atoms with van der Waals surface area (Å²) in [7, 11) is 0. The first kappa shape index (κ1) is 779. The Hall–Kier alpha value is 0.660. The molecule has 0 heterocycles. The molecule has 2 nitrogen and oxygen atoms in total. The summed E-state index contributed by atoms with van der Waals surface area (Å²) < 4.78 is 0. The van der Waals surface area contributed by atoms with Gasteiger partial charge in [-0.25, -0.2) is 0 Å². The summed E-state index contributed by atoms with van der Waals surface area (Å²) in [5.41, 5.74) is 0. The summed E-state index contributed by atoms with van der Waals surface area (Å²) in [6, 6.07) is 0. The third-order valence-electron chi connectivity index (χ3n) is 0. The molecule has 0 saturated heterocycles. The van der Waals surface area contributed by atoms with E-state index >= 15 is 0 Å². The largest absolute Gasteiger partial charge is 1.00 e. The van der Waals surface area contributed by atoms with E-state index in [0.717, 1.165) is 0 Å². The van der Waals surface area contributed by atoms with E-state index in [1.54, 1.807) is 0 Å². The van der Waals surface area contributed by atoms with Gasteiger partial charge in [0.05, 0.1) is 0 Å². The number of hydrogen-bond donors (Lipinski definition) is 2. The fraction of sp³-hybridized carbons (Fsp3) is 1.00. The Bertz CT molecular complexity index is 9.65. The second-order valence-corrected chi connectivity index (χ2v) is 0. The van der Waals surface area contributed by atoms with Crippen LogP contribution in [-0.2, 0) is 22.4 Å². The Morgan fingerprint density at radius 2 is 0.429 bits per heavy atom. The molecule has 0 amide bonds. The maximum absolute atomic E-state index is 0. The topological polar surface area (TPSA) is 70.0 Å². The summed E-state index contributed by atoms with van der Waals surface area (Å²) in [5, 5.41) is 0. The molecule has 0 fully saturated rings. The van der Waals surface area contributed by atoms with Crippen molar-refractivity contribution < 1.29 is 22.4 Å². The summed E-state index contributed by atoms with van der Waals surface area (Å²) in [5.74, 6) is 0. The normalized spacial score (nSPS) is 0. The minimum atomic E-state index is 0. The average Bonchev–Trinajstić information content (AvgIpc) is 0. The molecule has 7 heavy (non-hydrogen) atoms. The van der Waals surface area contributed by atoms with Crippen molar-refractivity contribution >= 4 is 0 Å². The van der Waals surface area contributed by atoms with Crippen LogP contribution in [0.4, 0.5) is 0 Å². The van der Waals surface area contributed by atoms with Crippen LogP contribution in [-0.4, -0.2) is 0 Å². The Labute approximate surface area is 64.8 Å². The smallest absolute Gasteiger partial charge is 0.344 e. The standard InChI is InChI=1S/4CH4.Ag.2H3N/h4*1H4;;2*1H3/q;;;;+1;;. The summed E-state index contributed by atoms with van der Waals surface area (Å²) in [4.78, 5) is 0. The van der Waals surface area contributed by atoms with Crippen molar-refractivity contribution in [1.29, 1.82) is 0 Å². The first-order valence-corrected chi connectivity index (χ1v) is 0. The van der Waals surface area contributed by atoms with Crippen molar-refractivity contribution in [3.05, 3.63) is 0 Å². The molecule has 0 unspecified atom stereocenters. The fourth-order valence-corrected chi connectivity index (χ4v) is 0. The van der Waals surface area contributed by atoms with Crippen molar-refractivity contribution in [3.63, 3.8) is 0 Å². The summed E-state index contributed by atoms with van der Waals surface area (Å²) >= 11 is 0. The SMILES string of the molecule is C.C.C.C.N.N.[Ag+]. The third kappa shape index (κ3) is 332. The van der Waals surface area contributed by atoms with E-state index in [4.69, 9.17) is 0 Å². The van der Waals surface area contributed by atoms with Gasteiger partial charge in [-0.1, -0.05) is 29.7 Å². The van der Waals surface area contributed by atoms with E-state index in [1.165, 1.54) is 0 Å². The Kier molecular flexibility index (Phi) is 54500. The van der Waals surface area contributed by atoms with Crippen LogP contribution in [0.15, 0.2) is 0 Å². The molecular formula is C4H22AgN2+. The van der Waals surface area contributed by atoms with Gasteiger partial charge in [-0.3, -0.25) is 0 Å². The molecule has 0 atom stereocenters. The van der Waals surface area contributed by atoms with E-state index < -0.39 is 0 Å². The summed E-state index contributed by atoms with van der Waals surface area (Å²) in [6.07, 6.45) is 0. The van der Waals surface area contributed by atoms with Gasteiger partial charge in [0.25, 0.3) is 0 Å².